The summed E-state index contributed by atoms with van der Waals surface area (Å²) in [7, 11) is 0. The smallest absolute Gasteiger partial charge is 0.238 e. The summed E-state index contributed by atoms with van der Waals surface area (Å²) in [5.74, 6) is 1.25. The fourth-order valence-corrected chi connectivity index (χ4v) is 3.59. The zero-order valence-corrected chi connectivity index (χ0v) is 15.9. The molecule has 1 saturated heterocycles. The Morgan fingerprint density at radius 3 is 2.83 bits per heavy atom. The molecule has 1 unspecified atom stereocenters. The highest BCUT2D eigenvalue weighted by Gasteiger charge is 2.34. The molecule has 2 aliphatic heterocycles. The molecule has 0 aliphatic carbocycles. The molecule has 2 N–H and O–H groups in total. The molecule has 29 heavy (non-hydrogen) atoms. The Morgan fingerprint density at radius 2 is 2.00 bits per heavy atom. The minimum Gasteiger partial charge on any atom is -0.491 e. The number of halogens is 1. The van der Waals surface area contributed by atoms with E-state index in [9.17, 15) is 14.3 Å². The summed E-state index contributed by atoms with van der Waals surface area (Å²) >= 11 is 0. The average Bonchev–Trinajstić information content (AvgIpc) is 3.15. The molecule has 1 fully saturated rings. The molecular formula is C21H23FN2O5. The normalized spacial score (nSPS) is 21.0. The molecule has 2 aliphatic rings. The number of rotatable bonds is 6. The first-order valence-electron chi connectivity index (χ1n) is 9.52. The number of carbonyl (C=O) groups excluding carboxylic acids is 1. The number of ether oxygens (including phenoxy) is 3. The van der Waals surface area contributed by atoms with Crippen LogP contribution in [0, 0.1) is 5.82 Å². The predicted octanol–water partition coefficient (Wildman–Crippen LogP) is 2.40. The number of carbonyl (C=O) groups is 1. The van der Waals surface area contributed by atoms with Crippen LogP contribution in [0.3, 0.4) is 0 Å². The molecule has 0 saturated carbocycles. The second-order valence-corrected chi connectivity index (χ2v) is 7.40. The van der Waals surface area contributed by atoms with Crippen LogP contribution in [0.25, 0.3) is 0 Å². The van der Waals surface area contributed by atoms with Crippen molar-refractivity contribution in [2.45, 2.75) is 18.4 Å². The van der Waals surface area contributed by atoms with Crippen LogP contribution in [-0.2, 0) is 4.79 Å². The maximum Gasteiger partial charge on any atom is 0.238 e. The number of piperidine rings is 1. The number of nitrogens with zero attached hydrogens (tertiary/aromatic N) is 1. The van der Waals surface area contributed by atoms with Crippen LogP contribution < -0.4 is 19.5 Å². The summed E-state index contributed by atoms with van der Waals surface area (Å²) in [5.41, 5.74) is -0.433. The van der Waals surface area contributed by atoms with Gasteiger partial charge in [0.05, 0.1) is 6.54 Å². The van der Waals surface area contributed by atoms with E-state index >= 15 is 0 Å². The van der Waals surface area contributed by atoms with Crippen molar-refractivity contribution < 1.29 is 28.5 Å². The van der Waals surface area contributed by atoms with Crippen LogP contribution in [0.15, 0.2) is 42.5 Å². The summed E-state index contributed by atoms with van der Waals surface area (Å²) in [6, 6.07) is 10.9. The van der Waals surface area contributed by atoms with Crippen LogP contribution in [0.1, 0.15) is 12.8 Å². The Morgan fingerprint density at radius 1 is 1.21 bits per heavy atom. The lowest BCUT2D eigenvalue weighted by Gasteiger charge is -2.38. The van der Waals surface area contributed by atoms with Gasteiger partial charge in [-0.2, -0.15) is 0 Å². The van der Waals surface area contributed by atoms with Crippen molar-refractivity contribution >= 4 is 11.6 Å². The molecule has 0 radical (unpaired) electrons. The van der Waals surface area contributed by atoms with Gasteiger partial charge in [0.25, 0.3) is 0 Å². The van der Waals surface area contributed by atoms with Crippen molar-refractivity contribution in [3.63, 3.8) is 0 Å². The van der Waals surface area contributed by atoms with Crippen LogP contribution in [0.4, 0.5) is 10.1 Å². The Labute approximate surface area is 168 Å². The molecule has 0 bridgehead atoms. The fraction of sp³-hybridized carbons (Fsp3) is 0.381. The number of benzene rings is 2. The van der Waals surface area contributed by atoms with Gasteiger partial charge in [0, 0.05) is 18.3 Å². The van der Waals surface area contributed by atoms with Crippen LogP contribution >= 0.6 is 0 Å². The Kier molecular flexibility index (Phi) is 5.55. The minimum atomic E-state index is -1.06. The van der Waals surface area contributed by atoms with Crippen molar-refractivity contribution in [2.75, 3.05) is 38.4 Å². The number of nitrogens with one attached hydrogen (secondary N) is 1. The van der Waals surface area contributed by atoms with Gasteiger partial charge >= 0.3 is 0 Å². The average molecular weight is 402 g/mol. The van der Waals surface area contributed by atoms with Gasteiger partial charge in [0.2, 0.25) is 12.7 Å². The van der Waals surface area contributed by atoms with E-state index in [1.165, 1.54) is 24.3 Å². The zero-order chi connectivity index (χ0) is 20.3. The minimum absolute atomic E-state index is 0.0823. The molecule has 2 aromatic rings. The van der Waals surface area contributed by atoms with Gasteiger partial charge in [-0.25, -0.2) is 4.39 Å². The van der Waals surface area contributed by atoms with Crippen molar-refractivity contribution in [3.8, 4) is 17.2 Å². The van der Waals surface area contributed by atoms with Gasteiger partial charge < -0.3 is 24.6 Å². The van der Waals surface area contributed by atoms with Gasteiger partial charge in [-0.1, -0.05) is 0 Å². The number of hydrogen-bond donors (Lipinski definition) is 2. The van der Waals surface area contributed by atoms with E-state index in [0.29, 0.717) is 42.4 Å². The molecular weight excluding hydrogens is 379 g/mol. The number of likely N-dealkylation sites (tertiary alicyclic amines) is 1. The number of amides is 1. The topological polar surface area (TPSA) is 80.3 Å². The summed E-state index contributed by atoms with van der Waals surface area (Å²) < 4.78 is 29.2. The van der Waals surface area contributed by atoms with Crippen molar-refractivity contribution in [1.82, 2.24) is 4.90 Å². The lowest BCUT2D eigenvalue weighted by Crippen LogP contribution is -2.53. The molecule has 1 atom stereocenters. The Hall–Kier alpha value is -2.84. The predicted molar refractivity (Wildman–Crippen MR) is 104 cm³/mol. The van der Waals surface area contributed by atoms with E-state index in [1.54, 1.807) is 18.2 Å². The number of fused-ring (bicyclic) bond motifs is 1. The van der Waals surface area contributed by atoms with Crippen molar-refractivity contribution in [2.24, 2.45) is 0 Å². The third-order valence-corrected chi connectivity index (χ3v) is 4.98. The molecule has 0 spiro atoms. The van der Waals surface area contributed by atoms with E-state index < -0.39 is 5.60 Å². The first-order chi connectivity index (χ1) is 14.0. The lowest BCUT2D eigenvalue weighted by atomic mass is 9.93. The molecule has 8 heteroatoms. The number of aliphatic hydroxyl groups is 1. The Balaban J connectivity index is 1.29. The summed E-state index contributed by atoms with van der Waals surface area (Å²) in [4.78, 5) is 14.3. The van der Waals surface area contributed by atoms with Gasteiger partial charge in [-0.3, -0.25) is 9.69 Å². The largest absolute Gasteiger partial charge is 0.491 e. The van der Waals surface area contributed by atoms with Crippen LogP contribution in [0.5, 0.6) is 17.2 Å². The van der Waals surface area contributed by atoms with Gasteiger partial charge in [-0.15, -0.1) is 0 Å². The molecule has 0 aromatic heterocycles. The second-order valence-electron chi connectivity index (χ2n) is 7.40. The number of hydrogen-bond acceptors (Lipinski definition) is 6. The van der Waals surface area contributed by atoms with Crippen molar-refractivity contribution in [1.29, 1.82) is 0 Å². The summed E-state index contributed by atoms with van der Waals surface area (Å²) in [6.45, 7) is 1.46. The third kappa shape index (κ3) is 4.96. The monoisotopic (exact) mass is 402 g/mol. The maximum atomic E-state index is 13.0. The fourth-order valence-electron chi connectivity index (χ4n) is 3.59. The number of anilines is 1. The standard InChI is InChI=1S/C21H23FN2O5/c22-15-2-5-17(6-3-15)27-13-21(26)8-1-9-24(12-21)11-20(25)23-16-4-7-18-19(10-16)29-14-28-18/h2-7,10,26H,1,8-9,11-14H2,(H,23,25). The van der Waals surface area contributed by atoms with Crippen molar-refractivity contribution in [3.05, 3.63) is 48.3 Å². The molecule has 7 nitrogen and oxygen atoms in total. The highest BCUT2D eigenvalue weighted by atomic mass is 19.1. The first kappa shape index (κ1) is 19.5. The zero-order valence-electron chi connectivity index (χ0n) is 15.9. The van der Waals surface area contributed by atoms with Crippen LogP contribution in [-0.4, -0.2) is 54.5 Å². The molecule has 154 valence electrons. The maximum absolute atomic E-state index is 13.0. The third-order valence-electron chi connectivity index (χ3n) is 4.98. The van der Waals surface area contributed by atoms with E-state index in [-0.39, 0.29) is 31.7 Å². The van der Waals surface area contributed by atoms with Gasteiger partial charge in [-0.05, 0) is 55.8 Å². The van der Waals surface area contributed by atoms with Crippen LogP contribution in [0.2, 0.25) is 0 Å². The molecule has 1 amide bonds. The summed E-state index contributed by atoms with van der Waals surface area (Å²) in [5, 5.41) is 13.7. The van der Waals surface area contributed by atoms with E-state index in [2.05, 4.69) is 5.32 Å². The van der Waals surface area contributed by atoms with Gasteiger partial charge in [0.1, 0.15) is 23.8 Å². The van der Waals surface area contributed by atoms with E-state index in [1.807, 2.05) is 4.90 Å². The van der Waals surface area contributed by atoms with E-state index in [0.717, 1.165) is 6.42 Å². The number of β-amino-alcohol motifs (C(OH)–C–C–N with tert-alkyl or cyclic N) is 1. The molecule has 4 rings (SSSR count). The summed E-state index contributed by atoms with van der Waals surface area (Å²) in [6.07, 6.45) is 1.33. The quantitative estimate of drug-likeness (QED) is 0.773. The second kappa shape index (κ2) is 8.26. The highest BCUT2D eigenvalue weighted by Crippen LogP contribution is 2.34. The lowest BCUT2D eigenvalue weighted by molar-refractivity contribution is -0.119. The molecule has 2 aromatic carbocycles. The van der Waals surface area contributed by atoms with E-state index in [4.69, 9.17) is 14.2 Å². The van der Waals surface area contributed by atoms with Gasteiger partial charge in [0.15, 0.2) is 11.5 Å². The first-order valence-corrected chi connectivity index (χ1v) is 9.52. The highest BCUT2D eigenvalue weighted by molar-refractivity contribution is 5.92. The molecule has 2 heterocycles. The SMILES string of the molecule is O=C(CN1CCCC(O)(COc2ccc(F)cc2)C1)Nc1ccc2c(c1)OCO2. The Bertz CT molecular complexity index is 876.